The molecule has 2 aliphatic heterocycles. The van der Waals surface area contributed by atoms with Crippen molar-refractivity contribution in [1.29, 1.82) is 0 Å². The predicted octanol–water partition coefficient (Wildman–Crippen LogP) is 3.01. The van der Waals surface area contributed by atoms with E-state index in [1.807, 2.05) is 17.5 Å². The first-order valence-electron chi connectivity index (χ1n) is 11.8. The minimum atomic E-state index is -0.814. The number of carbonyl (C=O) groups excluding carboxylic acids is 3. The number of hydrogen-bond acceptors (Lipinski definition) is 9. The number of fused-ring (bicyclic) bond motifs is 1. The Hall–Kier alpha value is -3.12. The van der Waals surface area contributed by atoms with Crippen LogP contribution in [0.2, 0.25) is 0 Å². The number of hydrogen-bond donors (Lipinski definition) is 1. The molecule has 2 aromatic heterocycles. The van der Waals surface area contributed by atoms with Crippen molar-refractivity contribution in [2.45, 2.75) is 12.5 Å². The average molecular weight is 527 g/mol. The molecule has 188 valence electrons. The van der Waals surface area contributed by atoms with E-state index in [0.29, 0.717) is 66.3 Å². The zero-order chi connectivity index (χ0) is 24.9. The third kappa shape index (κ3) is 5.49. The Morgan fingerprint density at radius 3 is 2.75 bits per heavy atom. The number of carbonyl (C=O) groups is 3. The molecule has 36 heavy (non-hydrogen) atoms. The molecule has 11 heteroatoms. The first kappa shape index (κ1) is 24.6. The maximum absolute atomic E-state index is 13.3. The Labute approximate surface area is 216 Å². The van der Waals surface area contributed by atoms with Gasteiger partial charge in [-0.05, 0) is 30.0 Å². The summed E-state index contributed by atoms with van der Waals surface area (Å²) in [6.45, 7) is 3.95. The number of anilines is 1. The van der Waals surface area contributed by atoms with Gasteiger partial charge in [0.25, 0.3) is 5.91 Å². The monoisotopic (exact) mass is 526 g/mol. The Morgan fingerprint density at radius 2 is 1.97 bits per heavy atom. The molecule has 0 aliphatic carbocycles. The number of rotatable bonds is 9. The SMILES string of the molecule is O=C(CN1CCOCC1)NCCCN(C(=O)c1cccs1)c1nc(C2Oc3ccccc3C2=O)cs1. The van der Waals surface area contributed by atoms with Gasteiger partial charge >= 0.3 is 0 Å². The molecule has 1 saturated heterocycles. The molecule has 0 saturated carbocycles. The highest BCUT2D eigenvalue weighted by Gasteiger charge is 2.35. The Balaban J connectivity index is 1.23. The van der Waals surface area contributed by atoms with Gasteiger partial charge in [0, 0.05) is 31.6 Å². The quantitative estimate of drug-likeness (QED) is 0.428. The summed E-state index contributed by atoms with van der Waals surface area (Å²) in [4.78, 5) is 47.3. The first-order chi connectivity index (χ1) is 17.6. The molecule has 3 aromatic rings. The summed E-state index contributed by atoms with van der Waals surface area (Å²) in [5.41, 5.74) is 1.02. The molecule has 0 bridgehead atoms. The highest BCUT2D eigenvalue weighted by molar-refractivity contribution is 7.14. The number of Topliss-reactive ketones (excluding diaryl/α,β-unsaturated/α-hetero) is 1. The van der Waals surface area contributed by atoms with E-state index in [9.17, 15) is 14.4 Å². The normalized spacial score (nSPS) is 17.4. The third-order valence-corrected chi connectivity index (χ3v) is 7.71. The molecule has 0 spiro atoms. The molecule has 9 nitrogen and oxygen atoms in total. The molecule has 1 fully saturated rings. The van der Waals surface area contributed by atoms with Crippen molar-refractivity contribution < 1.29 is 23.9 Å². The summed E-state index contributed by atoms with van der Waals surface area (Å²) < 4.78 is 11.2. The molecule has 4 heterocycles. The number of ketones is 1. The lowest BCUT2D eigenvalue weighted by Gasteiger charge is -2.25. The van der Waals surface area contributed by atoms with Crippen LogP contribution in [0, 0.1) is 0 Å². The smallest absolute Gasteiger partial charge is 0.270 e. The van der Waals surface area contributed by atoms with Gasteiger partial charge in [0.05, 0.1) is 30.2 Å². The minimum absolute atomic E-state index is 0.0407. The van der Waals surface area contributed by atoms with Crippen molar-refractivity contribution in [2.75, 3.05) is 50.8 Å². The lowest BCUT2D eigenvalue weighted by molar-refractivity contribution is -0.123. The molecule has 0 radical (unpaired) electrons. The van der Waals surface area contributed by atoms with Gasteiger partial charge in [-0.15, -0.1) is 22.7 Å². The first-order valence-corrected chi connectivity index (χ1v) is 13.5. The minimum Gasteiger partial charge on any atom is -0.475 e. The summed E-state index contributed by atoms with van der Waals surface area (Å²) in [7, 11) is 0. The van der Waals surface area contributed by atoms with Gasteiger partial charge in [-0.25, -0.2) is 4.98 Å². The van der Waals surface area contributed by atoms with E-state index < -0.39 is 6.10 Å². The molecule has 1 aromatic carbocycles. The number of thiophene rings is 1. The fourth-order valence-electron chi connectivity index (χ4n) is 4.11. The zero-order valence-corrected chi connectivity index (χ0v) is 21.2. The second-order valence-electron chi connectivity index (χ2n) is 8.44. The van der Waals surface area contributed by atoms with Gasteiger partial charge in [-0.3, -0.25) is 24.2 Å². The number of aromatic nitrogens is 1. The molecule has 1 atom stereocenters. The number of amides is 2. The van der Waals surface area contributed by atoms with Gasteiger partial charge in [0.1, 0.15) is 11.4 Å². The number of ether oxygens (including phenoxy) is 2. The van der Waals surface area contributed by atoms with Crippen LogP contribution in [0.5, 0.6) is 5.75 Å². The summed E-state index contributed by atoms with van der Waals surface area (Å²) in [6.07, 6.45) is -0.254. The highest BCUT2D eigenvalue weighted by Crippen LogP contribution is 2.38. The van der Waals surface area contributed by atoms with Crippen LogP contribution in [0.15, 0.2) is 47.2 Å². The topological polar surface area (TPSA) is 101 Å². The molecule has 2 amide bonds. The highest BCUT2D eigenvalue weighted by atomic mass is 32.1. The second-order valence-corrected chi connectivity index (χ2v) is 10.2. The van der Waals surface area contributed by atoms with E-state index in [0.717, 1.165) is 13.1 Å². The van der Waals surface area contributed by atoms with E-state index in [2.05, 4.69) is 15.2 Å². The number of nitrogens with zero attached hydrogens (tertiary/aromatic N) is 3. The fourth-order valence-corrected chi connectivity index (χ4v) is 5.64. The van der Waals surface area contributed by atoms with Gasteiger partial charge in [0.15, 0.2) is 5.13 Å². The fraction of sp³-hybridized carbons (Fsp3) is 0.360. The molecule has 1 N–H and O–H groups in total. The summed E-state index contributed by atoms with van der Waals surface area (Å²) in [5.74, 6) is 0.205. The van der Waals surface area contributed by atoms with E-state index in [4.69, 9.17) is 9.47 Å². The maximum atomic E-state index is 13.3. The van der Waals surface area contributed by atoms with Crippen LogP contribution < -0.4 is 15.0 Å². The van der Waals surface area contributed by atoms with Gasteiger partial charge in [0.2, 0.25) is 17.8 Å². The number of nitrogens with one attached hydrogen (secondary N) is 1. The maximum Gasteiger partial charge on any atom is 0.270 e. The number of para-hydroxylation sites is 1. The van der Waals surface area contributed by atoms with E-state index in [-0.39, 0.29) is 17.6 Å². The molecule has 1 unspecified atom stereocenters. The summed E-state index contributed by atoms with van der Waals surface area (Å²) in [5, 5.41) is 7.05. The second kappa shape index (κ2) is 11.3. The van der Waals surface area contributed by atoms with Gasteiger partial charge in [-0.1, -0.05) is 18.2 Å². The standard InChI is InChI=1S/C25H26N4O5S2/c30-21(15-28-10-12-33-13-11-28)26-8-4-9-29(24(32)20-7-3-14-35-20)25-27-18(16-36-25)23-22(31)17-5-1-2-6-19(17)34-23/h1-3,5-7,14,16,23H,4,8-13,15H2,(H,26,30). The predicted molar refractivity (Wildman–Crippen MR) is 137 cm³/mol. The van der Waals surface area contributed by atoms with Crippen molar-refractivity contribution in [2.24, 2.45) is 0 Å². The van der Waals surface area contributed by atoms with Crippen molar-refractivity contribution in [3.63, 3.8) is 0 Å². The van der Waals surface area contributed by atoms with E-state index in [1.54, 1.807) is 34.5 Å². The van der Waals surface area contributed by atoms with Crippen molar-refractivity contribution >= 4 is 45.4 Å². The van der Waals surface area contributed by atoms with Crippen LogP contribution in [-0.2, 0) is 9.53 Å². The molecule has 2 aliphatic rings. The zero-order valence-electron chi connectivity index (χ0n) is 19.6. The van der Waals surface area contributed by atoms with Crippen LogP contribution in [0.4, 0.5) is 5.13 Å². The molecular formula is C25H26N4O5S2. The lowest BCUT2D eigenvalue weighted by atomic mass is 10.1. The van der Waals surface area contributed by atoms with Crippen molar-refractivity contribution in [3.8, 4) is 5.75 Å². The number of benzene rings is 1. The van der Waals surface area contributed by atoms with Crippen molar-refractivity contribution in [1.82, 2.24) is 15.2 Å². The number of morpholine rings is 1. The third-order valence-electron chi connectivity index (χ3n) is 5.97. The van der Waals surface area contributed by atoms with Gasteiger partial charge < -0.3 is 14.8 Å². The Bertz CT molecular complexity index is 1220. The van der Waals surface area contributed by atoms with Crippen LogP contribution in [0.25, 0.3) is 0 Å². The van der Waals surface area contributed by atoms with Crippen LogP contribution >= 0.6 is 22.7 Å². The molecular weight excluding hydrogens is 500 g/mol. The van der Waals surface area contributed by atoms with Crippen LogP contribution in [0.3, 0.4) is 0 Å². The van der Waals surface area contributed by atoms with Gasteiger partial charge in [-0.2, -0.15) is 0 Å². The van der Waals surface area contributed by atoms with Crippen LogP contribution in [-0.4, -0.2) is 73.4 Å². The largest absolute Gasteiger partial charge is 0.475 e. The Kier molecular flexibility index (Phi) is 7.71. The Morgan fingerprint density at radius 1 is 1.14 bits per heavy atom. The number of thiazole rings is 1. The van der Waals surface area contributed by atoms with Crippen molar-refractivity contribution in [3.05, 3.63) is 63.3 Å². The lowest BCUT2D eigenvalue weighted by Crippen LogP contribution is -2.43. The summed E-state index contributed by atoms with van der Waals surface area (Å²) >= 11 is 2.66. The molecule has 5 rings (SSSR count). The average Bonchev–Trinajstić information content (AvgIpc) is 3.65. The summed E-state index contributed by atoms with van der Waals surface area (Å²) in [6, 6.07) is 10.7. The van der Waals surface area contributed by atoms with E-state index >= 15 is 0 Å². The van der Waals surface area contributed by atoms with E-state index in [1.165, 1.54) is 22.7 Å². The van der Waals surface area contributed by atoms with Crippen LogP contribution in [0.1, 0.15) is 38.2 Å².